The third-order valence-corrected chi connectivity index (χ3v) is 8.55. The highest BCUT2D eigenvalue weighted by atomic mass is 32.2. The fourth-order valence-corrected chi connectivity index (χ4v) is 5.98. The van der Waals surface area contributed by atoms with Gasteiger partial charge in [0.25, 0.3) is 0 Å². The zero-order valence-electron chi connectivity index (χ0n) is 20.5. The number of aromatic nitrogens is 1. The molecule has 2 unspecified atom stereocenters. The number of carbonyl (C=O) groups is 2. The van der Waals surface area contributed by atoms with Gasteiger partial charge in [-0.05, 0) is 63.0 Å². The summed E-state index contributed by atoms with van der Waals surface area (Å²) in [5, 5.41) is 32.3. The van der Waals surface area contributed by atoms with Gasteiger partial charge in [0.15, 0.2) is 5.13 Å². The van der Waals surface area contributed by atoms with Crippen molar-refractivity contribution < 1.29 is 29.3 Å². The van der Waals surface area contributed by atoms with E-state index in [0.29, 0.717) is 40.2 Å². The number of benzene rings is 1. The number of carboxylic acids is 1. The second-order valence-electron chi connectivity index (χ2n) is 9.32. The summed E-state index contributed by atoms with van der Waals surface area (Å²) in [5.74, 6) is -0.917. The van der Waals surface area contributed by atoms with E-state index in [1.807, 2.05) is 0 Å². The van der Waals surface area contributed by atoms with Gasteiger partial charge in [0.1, 0.15) is 5.82 Å². The average Bonchev–Trinajstić information content (AvgIpc) is 3.28. The van der Waals surface area contributed by atoms with Crippen LogP contribution in [0.4, 0.5) is 14.3 Å². The zero-order valence-corrected chi connectivity index (χ0v) is 22.2. The van der Waals surface area contributed by atoms with Crippen molar-refractivity contribution >= 4 is 40.2 Å². The minimum absolute atomic E-state index is 0.0735. The van der Waals surface area contributed by atoms with Gasteiger partial charge < -0.3 is 20.2 Å². The molecule has 4 N–H and O–H groups in total. The summed E-state index contributed by atoms with van der Waals surface area (Å²) in [6.07, 6.45) is 4.52. The number of carboxylic acid groups (broad SMARTS) is 1. The zero-order chi connectivity index (χ0) is 26.2. The highest BCUT2D eigenvalue weighted by Gasteiger charge is 2.28. The standard InChI is InChI=1S/C25H34FN3O5S2/c1-15-5-8-18(9-6-15)29(25(34)28-24-27-13-23(36-24)35-14-22(32)33)11-3-4-21(31)17-7-10-19(16(2)30)20(26)12-17/h7,10,12-13,15-16,18,21,30-31H,3-6,8-9,11,14H2,1-2H3,(H,32,33)(H,27,28,34). The highest BCUT2D eigenvalue weighted by Crippen LogP contribution is 2.31. The fraction of sp³-hybridized carbons (Fsp3) is 0.560. The van der Waals surface area contributed by atoms with Crippen molar-refractivity contribution in [2.24, 2.45) is 5.92 Å². The van der Waals surface area contributed by atoms with Gasteiger partial charge in [-0.15, -0.1) is 11.8 Å². The summed E-state index contributed by atoms with van der Waals surface area (Å²) in [4.78, 5) is 30.0. The van der Waals surface area contributed by atoms with Crippen LogP contribution in [0.2, 0.25) is 0 Å². The van der Waals surface area contributed by atoms with Crippen molar-refractivity contribution in [2.45, 2.75) is 74.8 Å². The average molecular weight is 540 g/mol. The van der Waals surface area contributed by atoms with E-state index in [4.69, 9.17) is 5.11 Å². The summed E-state index contributed by atoms with van der Waals surface area (Å²) in [6.45, 7) is 4.13. The maximum Gasteiger partial charge on any atom is 0.323 e. The Hall–Kier alpha value is -2.21. The SMILES string of the molecule is CC1CCC(N(CCCC(O)c2ccc(C(C)O)c(F)c2)C(=O)Nc2ncc(SCC(=O)O)s2)CC1. The maximum atomic E-state index is 14.2. The molecule has 11 heteroatoms. The van der Waals surface area contributed by atoms with Gasteiger partial charge >= 0.3 is 12.0 Å². The molecule has 8 nitrogen and oxygen atoms in total. The molecule has 1 saturated carbocycles. The van der Waals surface area contributed by atoms with Crippen LogP contribution < -0.4 is 5.32 Å². The first-order valence-corrected chi connectivity index (χ1v) is 14.0. The van der Waals surface area contributed by atoms with Crippen molar-refractivity contribution in [3.63, 3.8) is 0 Å². The predicted octanol–water partition coefficient (Wildman–Crippen LogP) is 5.44. The fourth-order valence-electron chi connectivity index (χ4n) is 4.40. The number of urea groups is 1. The van der Waals surface area contributed by atoms with E-state index in [1.165, 1.54) is 30.4 Å². The number of thiazole rings is 1. The predicted molar refractivity (Wildman–Crippen MR) is 139 cm³/mol. The normalized spacial score (nSPS) is 19.5. The molecular formula is C25H34FN3O5S2. The van der Waals surface area contributed by atoms with Crippen LogP contribution in [0, 0.1) is 11.7 Å². The van der Waals surface area contributed by atoms with Crippen LogP contribution in [-0.2, 0) is 4.79 Å². The molecule has 2 amide bonds. The number of rotatable bonds is 11. The van der Waals surface area contributed by atoms with Crippen LogP contribution in [0.3, 0.4) is 0 Å². The lowest BCUT2D eigenvalue weighted by atomic mass is 9.86. The number of nitrogens with zero attached hydrogens (tertiary/aromatic N) is 2. The van der Waals surface area contributed by atoms with E-state index < -0.39 is 24.0 Å². The quantitative estimate of drug-likeness (QED) is 0.281. The van der Waals surface area contributed by atoms with E-state index in [-0.39, 0.29) is 23.4 Å². The lowest BCUT2D eigenvalue weighted by molar-refractivity contribution is -0.133. The Bertz CT molecular complexity index is 1030. The van der Waals surface area contributed by atoms with Gasteiger partial charge in [-0.3, -0.25) is 10.1 Å². The molecule has 1 heterocycles. The largest absolute Gasteiger partial charge is 0.481 e. The number of carbonyl (C=O) groups excluding carboxylic acids is 1. The van der Waals surface area contributed by atoms with Gasteiger partial charge in [-0.1, -0.05) is 30.4 Å². The third-order valence-electron chi connectivity index (χ3n) is 6.46. The Labute approximate surface area is 218 Å². The summed E-state index contributed by atoms with van der Waals surface area (Å²) in [7, 11) is 0. The molecule has 1 aliphatic carbocycles. The van der Waals surface area contributed by atoms with Crippen molar-refractivity contribution in [3.8, 4) is 0 Å². The molecule has 1 aromatic heterocycles. The number of amides is 2. The van der Waals surface area contributed by atoms with E-state index in [9.17, 15) is 24.2 Å². The lowest BCUT2D eigenvalue weighted by Crippen LogP contribution is -2.45. The first-order valence-electron chi connectivity index (χ1n) is 12.2. The molecule has 36 heavy (non-hydrogen) atoms. The number of nitrogens with one attached hydrogen (secondary N) is 1. The van der Waals surface area contributed by atoms with Gasteiger partial charge in [0, 0.05) is 18.2 Å². The van der Waals surface area contributed by atoms with Crippen molar-refractivity contribution in [3.05, 3.63) is 41.3 Å². The molecule has 198 valence electrons. The van der Waals surface area contributed by atoms with Crippen molar-refractivity contribution in [1.29, 1.82) is 0 Å². The summed E-state index contributed by atoms with van der Waals surface area (Å²) < 4.78 is 14.9. The van der Waals surface area contributed by atoms with Gasteiger partial charge in [0.05, 0.1) is 28.4 Å². The molecule has 0 spiro atoms. The number of aliphatic carboxylic acids is 1. The molecular weight excluding hydrogens is 505 g/mol. The second-order valence-corrected chi connectivity index (χ2v) is 11.6. The minimum Gasteiger partial charge on any atom is -0.481 e. The Balaban J connectivity index is 1.61. The Morgan fingerprint density at radius 2 is 2.00 bits per heavy atom. The van der Waals surface area contributed by atoms with Crippen LogP contribution in [0.15, 0.2) is 28.6 Å². The Morgan fingerprint density at radius 1 is 1.28 bits per heavy atom. The summed E-state index contributed by atoms with van der Waals surface area (Å²) in [5.41, 5.74) is 0.626. The first kappa shape index (κ1) is 28.4. The van der Waals surface area contributed by atoms with E-state index in [0.717, 1.165) is 37.4 Å². The van der Waals surface area contributed by atoms with E-state index >= 15 is 0 Å². The number of thioether (sulfide) groups is 1. The third kappa shape index (κ3) is 8.16. The van der Waals surface area contributed by atoms with Crippen LogP contribution in [-0.4, -0.2) is 55.5 Å². The number of hydrogen-bond donors (Lipinski definition) is 4. The Kier molecular flexibility index (Phi) is 10.5. The second kappa shape index (κ2) is 13.4. The van der Waals surface area contributed by atoms with Crippen molar-refractivity contribution in [1.82, 2.24) is 9.88 Å². The van der Waals surface area contributed by atoms with Crippen molar-refractivity contribution in [2.75, 3.05) is 17.6 Å². The monoisotopic (exact) mass is 539 g/mol. The van der Waals surface area contributed by atoms with Crippen LogP contribution in [0.25, 0.3) is 0 Å². The highest BCUT2D eigenvalue weighted by molar-refractivity contribution is 8.01. The molecule has 0 bridgehead atoms. The molecule has 0 saturated heterocycles. The summed E-state index contributed by atoms with van der Waals surface area (Å²) >= 11 is 2.39. The maximum absolute atomic E-state index is 14.2. The molecule has 1 fully saturated rings. The van der Waals surface area contributed by atoms with Crippen LogP contribution in [0.5, 0.6) is 0 Å². The summed E-state index contributed by atoms with van der Waals surface area (Å²) in [6, 6.07) is 4.17. The number of aliphatic hydroxyl groups excluding tert-OH is 2. The van der Waals surface area contributed by atoms with Gasteiger partial charge in [-0.25, -0.2) is 14.2 Å². The molecule has 3 rings (SSSR count). The molecule has 2 aromatic rings. The lowest BCUT2D eigenvalue weighted by Gasteiger charge is -2.36. The smallest absolute Gasteiger partial charge is 0.323 e. The number of anilines is 1. The van der Waals surface area contributed by atoms with Gasteiger partial charge in [-0.2, -0.15) is 0 Å². The van der Waals surface area contributed by atoms with E-state index in [1.54, 1.807) is 17.2 Å². The molecule has 1 aromatic carbocycles. The molecule has 2 atom stereocenters. The van der Waals surface area contributed by atoms with E-state index in [2.05, 4.69) is 17.2 Å². The number of aliphatic hydroxyl groups is 2. The molecule has 0 aliphatic heterocycles. The van der Waals surface area contributed by atoms with Crippen LogP contribution in [0.1, 0.15) is 75.7 Å². The number of halogens is 1. The molecule has 1 aliphatic rings. The first-order chi connectivity index (χ1) is 17.1. The van der Waals surface area contributed by atoms with Crippen LogP contribution >= 0.6 is 23.1 Å². The van der Waals surface area contributed by atoms with Gasteiger partial charge in [0.2, 0.25) is 0 Å². The number of hydrogen-bond acceptors (Lipinski definition) is 7. The minimum atomic E-state index is -0.925. The Morgan fingerprint density at radius 3 is 2.64 bits per heavy atom. The molecule has 0 radical (unpaired) electrons. The topological polar surface area (TPSA) is 123 Å².